The van der Waals surface area contributed by atoms with Crippen LogP contribution in [-0.4, -0.2) is 5.91 Å². The molecule has 1 aliphatic rings. The fourth-order valence-electron chi connectivity index (χ4n) is 3.36. The van der Waals surface area contributed by atoms with Crippen molar-refractivity contribution < 1.29 is 4.79 Å². The molecule has 1 fully saturated rings. The highest BCUT2D eigenvalue weighted by Gasteiger charge is 2.31. The molecule has 0 saturated heterocycles. The van der Waals surface area contributed by atoms with Gasteiger partial charge in [0.2, 0.25) is 5.91 Å². The highest BCUT2D eigenvalue weighted by Crippen LogP contribution is 2.37. The second kappa shape index (κ2) is 7.18. The molecule has 4 heteroatoms. The van der Waals surface area contributed by atoms with Crippen molar-refractivity contribution >= 4 is 17.3 Å². The van der Waals surface area contributed by atoms with Gasteiger partial charge in [0.1, 0.15) is 0 Å². The van der Waals surface area contributed by atoms with E-state index in [4.69, 9.17) is 5.73 Å². The lowest BCUT2D eigenvalue weighted by Gasteiger charge is -2.23. The molecule has 1 atom stereocenters. The molecule has 3 rings (SSSR count). The summed E-state index contributed by atoms with van der Waals surface area (Å²) in [6.45, 7) is 0. The van der Waals surface area contributed by atoms with Gasteiger partial charge in [-0.3, -0.25) is 15.6 Å². The summed E-state index contributed by atoms with van der Waals surface area (Å²) in [6.07, 6.45) is 4.62. The number of rotatable bonds is 5. The van der Waals surface area contributed by atoms with Crippen molar-refractivity contribution in [2.75, 3.05) is 11.2 Å². The predicted molar refractivity (Wildman–Crippen MR) is 93.8 cm³/mol. The summed E-state index contributed by atoms with van der Waals surface area (Å²) in [6, 6.07) is 17.3. The Balaban J connectivity index is 1.74. The number of hydrazine groups is 1. The van der Waals surface area contributed by atoms with Crippen LogP contribution in [0.4, 0.5) is 11.4 Å². The van der Waals surface area contributed by atoms with E-state index in [0.29, 0.717) is 5.92 Å². The Morgan fingerprint density at radius 3 is 2.30 bits per heavy atom. The third-order valence-electron chi connectivity index (χ3n) is 4.55. The van der Waals surface area contributed by atoms with Gasteiger partial charge in [-0.25, -0.2) is 0 Å². The SMILES string of the molecule is Nc1ccc(C(C(=O)NNc2ccccc2)C2CCCC2)cc1. The van der Waals surface area contributed by atoms with E-state index in [1.165, 1.54) is 12.8 Å². The number of hydrogen-bond acceptors (Lipinski definition) is 3. The molecule has 0 spiro atoms. The summed E-state index contributed by atoms with van der Waals surface area (Å²) < 4.78 is 0. The molecule has 4 nitrogen and oxygen atoms in total. The molecule has 4 N–H and O–H groups in total. The van der Waals surface area contributed by atoms with Crippen molar-refractivity contribution in [3.05, 3.63) is 60.2 Å². The summed E-state index contributed by atoms with van der Waals surface area (Å²) in [5.74, 6) is 0.288. The highest BCUT2D eigenvalue weighted by molar-refractivity contribution is 5.85. The molecule has 1 aliphatic carbocycles. The van der Waals surface area contributed by atoms with Crippen LogP contribution in [0, 0.1) is 5.92 Å². The third-order valence-corrected chi connectivity index (χ3v) is 4.55. The maximum Gasteiger partial charge on any atom is 0.246 e. The van der Waals surface area contributed by atoms with E-state index in [9.17, 15) is 4.79 Å². The van der Waals surface area contributed by atoms with Crippen molar-refractivity contribution in [2.24, 2.45) is 5.92 Å². The minimum Gasteiger partial charge on any atom is -0.399 e. The van der Waals surface area contributed by atoms with Gasteiger partial charge < -0.3 is 5.73 Å². The second-order valence-corrected chi connectivity index (χ2v) is 6.17. The number of nitrogens with one attached hydrogen (secondary N) is 2. The van der Waals surface area contributed by atoms with E-state index in [-0.39, 0.29) is 11.8 Å². The molecule has 0 bridgehead atoms. The average molecular weight is 309 g/mol. The zero-order chi connectivity index (χ0) is 16.1. The Bertz CT molecular complexity index is 633. The van der Waals surface area contributed by atoms with Crippen molar-refractivity contribution in [3.8, 4) is 0 Å². The maximum atomic E-state index is 12.8. The summed E-state index contributed by atoms with van der Waals surface area (Å²) in [5.41, 5.74) is 14.3. The molecular weight excluding hydrogens is 286 g/mol. The molecule has 0 aliphatic heterocycles. The second-order valence-electron chi connectivity index (χ2n) is 6.17. The number of nitrogens with two attached hydrogens (primary N) is 1. The van der Waals surface area contributed by atoms with E-state index in [2.05, 4.69) is 10.9 Å². The minimum absolute atomic E-state index is 0.0190. The van der Waals surface area contributed by atoms with Crippen LogP contribution in [0.5, 0.6) is 0 Å². The molecule has 1 unspecified atom stereocenters. The molecule has 1 amide bonds. The van der Waals surface area contributed by atoms with Gasteiger partial charge in [0.15, 0.2) is 0 Å². The lowest BCUT2D eigenvalue weighted by molar-refractivity contribution is -0.123. The zero-order valence-electron chi connectivity index (χ0n) is 13.2. The zero-order valence-corrected chi connectivity index (χ0v) is 13.2. The smallest absolute Gasteiger partial charge is 0.246 e. The Hall–Kier alpha value is -2.49. The first kappa shape index (κ1) is 15.4. The van der Waals surface area contributed by atoms with E-state index in [1.807, 2.05) is 54.6 Å². The van der Waals surface area contributed by atoms with Gasteiger partial charge in [-0.2, -0.15) is 0 Å². The molecular formula is C19H23N3O. The Morgan fingerprint density at radius 1 is 1.00 bits per heavy atom. The van der Waals surface area contributed by atoms with Crippen molar-refractivity contribution in [2.45, 2.75) is 31.6 Å². The standard InChI is InChI=1S/C19H23N3O/c20-16-12-10-15(11-13-16)18(14-6-4-5-7-14)19(23)22-21-17-8-2-1-3-9-17/h1-3,8-14,18,21H,4-7,20H2,(H,22,23). The molecule has 23 heavy (non-hydrogen) atoms. The Morgan fingerprint density at radius 2 is 1.65 bits per heavy atom. The number of benzene rings is 2. The number of hydrogen-bond donors (Lipinski definition) is 3. The molecule has 0 aromatic heterocycles. The van der Waals surface area contributed by atoms with Crippen LogP contribution >= 0.6 is 0 Å². The normalized spacial score (nSPS) is 16.0. The van der Waals surface area contributed by atoms with E-state index in [1.54, 1.807) is 0 Å². The third kappa shape index (κ3) is 3.83. The first-order valence-electron chi connectivity index (χ1n) is 8.20. The van der Waals surface area contributed by atoms with Gasteiger partial charge in [-0.15, -0.1) is 0 Å². The van der Waals surface area contributed by atoms with Crippen LogP contribution < -0.4 is 16.6 Å². The van der Waals surface area contributed by atoms with Gasteiger partial charge in [0.25, 0.3) is 0 Å². The fourth-order valence-corrected chi connectivity index (χ4v) is 3.36. The first-order valence-corrected chi connectivity index (χ1v) is 8.20. The van der Waals surface area contributed by atoms with Crippen LogP contribution in [0.1, 0.15) is 37.2 Å². The van der Waals surface area contributed by atoms with E-state index < -0.39 is 0 Å². The summed E-state index contributed by atoms with van der Waals surface area (Å²) in [5, 5.41) is 0. The van der Waals surface area contributed by atoms with Crippen molar-refractivity contribution in [1.82, 2.24) is 5.43 Å². The summed E-state index contributed by atoms with van der Waals surface area (Å²) in [4.78, 5) is 12.8. The van der Waals surface area contributed by atoms with Crippen LogP contribution in [0.25, 0.3) is 0 Å². The van der Waals surface area contributed by atoms with Crippen LogP contribution in [0.15, 0.2) is 54.6 Å². The van der Waals surface area contributed by atoms with Gasteiger partial charge in [-0.05, 0) is 48.6 Å². The van der Waals surface area contributed by atoms with E-state index in [0.717, 1.165) is 29.8 Å². The summed E-state index contributed by atoms with van der Waals surface area (Å²) in [7, 11) is 0. The van der Waals surface area contributed by atoms with Crippen LogP contribution in [0.2, 0.25) is 0 Å². The van der Waals surface area contributed by atoms with Crippen molar-refractivity contribution in [1.29, 1.82) is 0 Å². The quantitative estimate of drug-likeness (QED) is 0.583. The largest absolute Gasteiger partial charge is 0.399 e. The molecule has 1 saturated carbocycles. The van der Waals surface area contributed by atoms with Gasteiger partial charge in [0, 0.05) is 5.69 Å². The predicted octanol–water partition coefficient (Wildman–Crippen LogP) is 3.69. The maximum absolute atomic E-state index is 12.8. The number of amides is 1. The summed E-state index contributed by atoms with van der Waals surface area (Å²) >= 11 is 0. The van der Waals surface area contributed by atoms with Gasteiger partial charge in [0.05, 0.1) is 11.6 Å². The van der Waals surface area contributed by atoms with Gasteiger partial charge >= 0.3 is 0 Å². The van der Waals surface area contributed by atoms with Crippen molar-refractivity contribution in [3.63, 3.8) is 0 Å². The molecule has 0 radical (unpaired) electrons. The lowest BCUT2D eigenvalue weighted by atomic mass is 9.84. The molecule has 2 aromatic rings. The number of carbonyl (C=O) groups excluding carboxylic acids is 1. The molecule has 0 heterocycles. The van der Waals surface area contributed by atoms with Crippen LogP contribution in [-0.2, 0) is 4.79 Å². The van der Waals surface area contributed by atoms with Gasteiger partial charge in [-0.1, -0.05) is 43.2 Å². The first-order chi connectivity index (χ1) is 11.2. The number of nitrogen functional groups attached to an aromatic ring is 1. The van der Waals surface area contributed by atoms with Crippen LogP contribution in [0.3, 0.4) is 0 Å². The molecule has 2 aromatic carbocycles. The highest BCUT2D eigenvalue weighted by atomic mass is 16.2. The topological polar surface area (TPSA) is 67.2 Å². The minimum atomic E-state index is -0.130. The lowest BCUT2D eigenvalue weighted by Crippen LogP contribution is -2.36. The Kier molecular flexibility index (Phi) is 4.81. The Labute approximate surface area is 137 Å². The number of carbonyl (C=O) groups is 1. The average Bonchev–Trinajstić information content (AvgIpc) is 3.10. The fraction of sp³-hybridized carbons (Fsp3) is 0.316. The van der Waals surface area contributed by atoms with E-state index >= 15 is 0 Å². The number of anilines is 2. The molecule has 120 valence electrons. The number of para-hydroxylation sites is 1. The monoisotopic (exact) mass is 309 g/mol.